The van der Waals surface area contributed by atoms with E-state index in [-0.39, 0.29) is 23.8 Å². The topological polar surface area (TPSA) is 107 Å². The highest BCUT2D eigenvalue weighted by atomic mass is 35.5. The van der Waals surface area contributed by atoms with Crippen molar-refractivity contribution in [1.82, 2.24) is 14.5 Å². The van der Waals surface area contributed by atoms with Crippen molar-refractivity contribution < 1.29 is 23.1 Å². The number of sulfonamides is 1. The summed E-state index contributed by atoms with van der Waals surface area (Å²) in [4.78, 5) is 26.8. The highest BCUT2D eigenvalue weighted by Gasteiger charge is 2.42. The van der Waals surface area contributed by atoms with Gasteiger partial charge in [-0.05, 0) is 76.3 Å². The van der Waals surface area contributed by atoms with Gasteiger partial charge in [-0.2, -0.15) is 4.31 Å². The lowest BCUT2D eigenvalue weighted by molar-refractivity contribution is -0.124. The normalized spacial score (nSPS) is 17.8. The maximum Gasteiger partial charge on any atom is 0.408 e. The van der Waals surface area contributed by atoms with Crippen LogP contribution in [-0.4, -0.2) is 65.4 Å². The molecule has 0 spiro atoms. The Hall–Kier alpha value is -2.62. The van der Waals surface area contributed by atoms with Crippen molar-refractivity contribution in [2.45, 2.75) is 69.0 Å². The fourth-order valence-corrected chi connectivity index (χ4v) is 6.44. The van der Waals surface area contributed by atoms with Gasteiger partial charge in [-0.1, -0.05) is 41.9 Å². The van der Waals surface area contributed by atoms with Gasteiger partial charge in [0.1, 0.15) is 6.04 Å². The van der Waals surface area contributed by atoms with Gasteiger partial charge >= 0.3 is 6.09 Å². The minimum absolute atomic E-state index is 0.0000386. The van der Waals surface area contributed by atoms with Gasteiger partial charge in [-0.15, -0.1) is 0 Å². The maximum atomic E-state index is 14.0. The van der Waals surface area contributed by atoms with Crippen LogP contribution < -0.4 is 5.32 Å². The number of halogens is 1. The molecule has 0 aromatic heterocycles. The van der Waals surface area contributed by atoms with Crippen LogP contribution in [0.4, 0.5) is 4.79 Å². The van der Waals surface area contributed by atoms with Gasteiger partial charge in [-0.25, -0.2) is 13.2 Å². The van der Waals surface area contributed by atoms with Crippen LogP contribution in [0.15, 0.2) is 59.5 Å². The zero-order valence-corrected chi connectivity index (χ0v) is 22.4. The van der Waals surface area contributed by atoms with Gasteiger partial charge in [0.2, 0.25) is 15.9 Å². The van der Waals surface area contributed by atoms with Crippen molar-refractivity contribution in [1.29, 1.82) is 0 Å². The van der Waals surface area contributed by atoms with Crippen molar-refractivity contribution in [3.05, 3.63) is 65.2 Å². The van der Waals surface area contributed by atoms with Crippen LogP contribution >= 0.6 is 11.6 Å². The first-order chi connectivity index (χ1) is 16.9. The van der Waals surface area contributed by atoms with Crippen LogP contribution in [0.2, 0.25) is 5.02 Å². The third-order valence-electron chi connectivity index (χ3n) is 6.27. The smallest absolute Gasteiger partial charge is 0.408 e. The number of carbonyl (C=O) groups is 2. The molecule has 8 nitrogen and oxygen atoms in total. The van der Waals surface area contributed by atoms with E-state index < -0.39 is 33.7 Å². The van der Waals surface area contributed by atoms with E-state index in [4.69, 9.17) is 11.6 Å². The van der Waals surface area contributed by atoms with Crippen LogP contribution in [0.5, 0.6) is 0 Å². The number of nitrogens with zero attached hydrogens (tertiary/aromatic N) is 2. The predicted octanol–water partition coefficient (Wildman–Crippen LogP) is 4.39. The molecule has 10 heteroatoms. The number of carbonyl (C=O) groups excluding carboxylic acids is 1. The Labute approximate surface area is 218 Å². The molecule has 3 rings (SSSR count). The number of nitrogens with one attached hydrogen (secondary N) is 1. The number of benzene rings is 2. The minimum atomic E-state index is -4.16. The summed E-state index contributed by atoms with van der Waals surface area (Å²) in [6.45, 7) is 5.61. The van der Waals surface area contributed by atoms with E-state index in [1.54, 1.807) is 20.8 Å². The van der Waals surface area contributed by atoms with Crippen molar-refractivity contribution in [2.24, 2.45) is 0 Å². The monoisotopic (exact) mass is 535 g/mol. The molecule has 2 aromatic carbocycles. The number of carboxylic acid groups (broad SMARTS) is 1. The molecular weight excluding hydrogens is 502 g/mol. The summed E-state index contributed by atoms with van der Waals surface area (Å²) < 4.78 is 29.1. The third-order valence-corrected chi connectivity index (χ3v) is 8.41. The number of rotatable bonds is 8. The van der Waals surface area contributed by atoms with E-state index in [1.165, 1.54) is 33.5 Å². The SMILES string of the molecule is CC(C)(C)N(C(=O)O)[C@@H](Cc1ccccc1)CN([C@@H]1CCCCNC1=O)S(=O)(=O)c1ccc(Cl)cc1. The molecule has 0 radical (unpaired) electrons. The van der Waals surface area contributed by atoms with Crippen molar-refractivity contribution in [3.63, 3.8) is 0 Å². The average molecular weight is 536 g/mol. The van der Waals surface area contributed by atoms with Crippen LogP contribution in [-0.2, 0) is 21.2 Å². The highest BCUT2D eigenvalue weighted by molar-refractivity contribution is 7.89. The summed E-state index contributed by atoms with van der Waals surface area (Å²) in [5.41, 5.74) is 0.0549. The van der Waals surface area contributed by atoms with E-state index in [0.29, 0.717) is 24.4 Å². The first-order valence-electron chi connectivity index (χ1n) is 12.0. The Balaban J connectivity index is 2.12. The molecule has 36 heavy (non-hydrogen) atoms. The zero-order chi connectivity index (χ0) is 26.5. The Morgan fingerprint density at radius 2 is 1.75 bits per heavy atom. The standard InChI is InChI=1S/C26H34ClN3O5S/c1-26(2,3)30(25(32)33)21(17-19-9-5-4-6-10-19)18-29(23-11-7-8-16-28-24(23)31)36(34,35)22-14-12-20(27)13-15-22/h4-6,9-10,12-15,21,23H,7-8,11,16-18H2,1-3H3,(H,28,31)(H,32,33)/t21-,23+/m0/s1. The number of hydrogen-bond acceptors (Lipinski definition) is 4. The van der Waals surface area contributed by atoms with Crippen LogP contribution in [0.25, 0.3) is 0 Å². The van der Waals surface area contributed by atoms with Gasteiger partial charge in [0, 0.05) is 23.7 Å². The lowest BCUT2D eigenvalue weighted by atomic mass is 9.98. The predicted molar refractivity (Wildman–Crippen MR) is 140 cm³/mol. The summed E-state index contributed by atoms with van der Waals surface area (Å²) in [6, 6.07) is 13.4. The maximum absolute atomic E-state index is 14.0. The van der Waals surface area contributed by atoms with E-state index in [2.05, 4.69) is 5.32 Å². The van der Waals surface area contributed by atoms with E-state index >= 15 is 0 Å². The average Bonchev–Trinajstić information content (AvgIpc) is 3.01. The molecule has 1 heterocycles. The Morgan fingerprint density at radius 1 is 1.11 bits per heavy atom. The second-order valence-electron chi connectivity index (χ2n) is 10.00. The summed E-state index contributed by atoms with van der Waals surface area (Å²) in [5.74, 6) is -0.374. The molecule has 0 bridgehead atoms. The Morgan fingerprint density at radius 3 is 2.33 bits per heavy atom. The minimum Gasteiger partial charge on any atom is -0.465 e. The molecule has 2 atom stereocenters. The van der Waals surface area contributed by atoms with Crippen molar-refractivity contribution in [3.8, 4) is 0 Å². The number of amides is 2. The lowest BCUT2D eigenvalue weighted by Gasteiger charge is -2.42. The van der Waals surface area contributed by atoms with E-state index in [1.807, 2.05) is 30.3 Å². The quantitative estimate of drug-likeness (QED) is 0.521. The molecule has 1 aliphatic heterocycles. The molecule has 1 aliphatic rings. The molecule has 0 saturated carbocycles. The molecule has 1 saturated heterocycles. The molecule has 196 valence electrons. The fourth-order valence-electron chi connectivity index (χ4n) is 4.65. The molecule has 0 unspecified atom stereocenters. The van der Waals surface area contributed by atoms with Crippen molar-refractivity contribution >= 4 is 33.6 Å². The van der Waals surface area contributed by atoms with E-state index in [0.717, 1.165) is 12.0 Å². The molecular formula is C26H34ClN3O5S. The molecule has 0 aliphatic carbocycles. The Bertz CT molecular complexity index is 1150. The zero-order valence-electron chi connectivity index (χ0n) is 20.9. The third kappa shape index (κ3) is 6.78. The second-order valence-corrected chi connectivity index (χ2v) is 12.3. The summed E-state index contributed by atoms with van der Waals surface area (Å²) in [6.07, 6.45) is 0.886. The number of hydrogen-bond donors (Lipinski definition) is 2. The second kappa shape index (κ2) is 11.6. The molecule has 1 fully saturated rings. The van der Waals surface area contributed by atoms with E-state index in [9.17, 15) is 23.1 Å². The Kier molecular flexibility index (Phi) is 9.03. The first-order valence-corrected chi connectivity index (χ1v) is 13.8. The van der Waals surface area contributed by atoms with Crippen LogP contribution in [0.3, 0.4) is 0 Å². The highest BCUT2D eigenvalue weighted by Crippen LogP contribution is 2.28. The van der Waals surface area contributed by atoms with Gasteiger partial charge in [0.25, 0.3) is 0 Å². The van der Waals surface area contributed by atoms with Gasteiger partial charge in [-0.3, -0.25) is 9.69 Å². The lowest BCUT2D eigenvalue weighted by Crippen LogP contribution is -2.59. The molecule has 2 amide bonds. The molecule has 2 aromatic rings. The van der Waals surface area contributed by atoms with Crippen molar-refractivity contribution in [2.75, 3.05) is 13.1 Å². The summed E-state index contributed by atoms with van der Waals surface area (Å²) >= 11 is 5.99. The van der Waals surface area contributed by atoms with Crippen LogP contribution in [0, 0.1) is 0 Å². The van der Waals surface area contributed by atoms with Gasteiger partial charge < -0.3 is 10.4 Å². The van der Waals surface area contributed by atoms with Gasteiger partial charge in [0.15, 0.2) is 0 Å². The first kappa shape index (κ1) is 28.0. The summed E-state index contributed by atoms with van der Waals surface area (Å²) in [5, 5.41) is 13.4. The van der Waals surface area contributed by atoms with Crippen LogP contribution in [0.1, 0.15) is 45.6 Å². The fraction of sp³-hybridized carbons (Fsp3) is 0.462. The summed E-state index contributed by atoms with van der Waals surface area (Å²) in [7, 11) is -4.16. The largest absolute Gasteiger partial charge is 0.465 e. The van der Waals surface area contributed by atoms with Gasteiger partial charge in [0.05, 0.1) is 10.9 Å². The molecule has 2 N–H and O–H groups in total.